The van der Waals surface area contributed by atoms with Gasteiger partial charge in [-0.1, -0.05) is 11.6 Å². The molecule has 1 aromatic carbocycles. The summed E-state index contributed by atoms with van der Waals surface area (Å²) < 4.78 is 34.1. The lowest BCUT2D eigenvalue weighted by molar-refractivity contribution is -0.132. The fourth-order valence-electron chi connectivity index (χ4n) is 1.93. The molecule has 21 heavy (non-hydrogen) atoms. The van der Waals surface area contributed by atoms with E-state index in [1.54, 1.807) is 0 Å². The standard InChI is InChI=1S/C13H15ClF2N2O3/c1-18-4-5-20-11(7-18)12(19)17-8-2-3-9(14)10(6-8)21-13(15)16/h2-3,6,11,13H,4-5,7H2,1H3,(H,17,19). The van der Waals surface area contributed by atoms with Crippen molar-refractivity contribution < 1.29 is 23.0 Å². The normalized spacial score (nSPS) is 19.6. The predicted molar refractivity (Wildman–Crippen MR) is 74.0 cm³/mol. The fraction of sp³-hybridized carbons (Fsp3) is 0.462. The first kappa shape index (κ1) is 15.9. The number of hydrogen-bond donors (Lipinski definition) is 1. The lowest BCUT2D eigenvalue weighted by Crippen LogP contribution is -2.46. The van der Waals surface area contributed by atoms with Crippen LogP contribution in [-0.2, 0) is 9.53 Å². The Morgan fingerprint density at radius 2 is 2.33 bits per heavy atom. The van der Waals surface area contributed by atoms with E-state index in [1.807, 2.05) is 11.9 Å². The second kappa shape index (κ2) is 7.02. The Morgan fingerprint density at radius 1 is 1.57 bits per heavy atom. The van der Waals surface area contributed by atoms with Crippen LogP contribution in [0.3, 0.4) is 0 Å². The first-order valence-corrected chi connectivity index (χ1v) is 6.69. The largest absolute Gasteiger partial charge is 0.433 e. The topological polar surface area (TPSA) is 50.8 Å². The first-order valence-electron chi connectivity index (χ1n) is 6.31. The van der Waals surface area contributed by atoms with Crippen LogP contribution in [0.1, 0.15) is 0 Å². The molecule has 1 aliphatic rings. The summed E-state index contributed by atoms with van der Waals surface area (Å²) in [7, 11) is 1.89. The number of likely N-dealkylation sites (N-methyl/N-ethyl adjacent to an activating group) is 1. The summed E-state index contributed by atoms with van der Waals surface area (Å²) in [5.41, 5.74) is 0.317. The Bertz CT molecular complexity index is 516. The molecule has 1 unspecified atom stereocenters. The van der Waals surface area contributed by atoms with Gasteiger partial charge in [0.2, 0.25) is 0 Å². The molecule has 1 fully saturated rings. The predicted octanol–water partition coefficient (Wildman–Crippen LogP) is 2.21. The number of nitrogens with zero attached hydrogens (tertiary/aromatic N) is 1. The maximum Gasteiger partial charge on any atom is 0.387 e. The van der Waals surface area contributed by atoms with E-state index in [-0.39, 0.29) is 16.7 Å². The van der Waals surface area contributed by atoms with Crippen LogP contribution in [-0.4, -0.2) is 50.3 Å². The van der Waals surface area contributed by atoms with Gasteiger partial charge in [0.1, 0.15) is 11.9 Å². The Kier molecular flexibility index (Phi) is 5.33. The highest BCUT2D eigenvalue weighted by Gasteiger charge is 2.25. The van der Waals surface area contributed by atoms with Gasteiger partial charge in [0, 0.05) is 24.8 Å². The summed E-state index contributed by atoms with van der Waals surface area (Å²) in [5, 5.41) is 2.64. The van der Waals surface area contributed by atoms with E-state index in [4.69, 9.17) is 16.3 Å². The Morgan fingerprint density at radius 3 is 3.00 bits per heavy atom. The molecule has 1 N–H and O–H groups in total. The van der Waals surface area contributed by atoms with Gasteiger partial charge in [-0.2, -0.15) is 8.78 Å². The second-order valence-corrected chi connectivity index (χ2v) is 5.04. The van der Waals surface area contributed by atoms with Crippen molar-refractivity contribution in [3.05, 3.63) is 23.2 Å². The third-order valence-electron chi connectivity index (χ3n) is 2.98. The van der Waals surface area contributed by atoms with Crippen LogP contribution >= 0.6 is 11.6 Å². The second-order valence-electron chi connectivity index (χ2n) is 4.63. The SMILES string of the molecule is CN1CCOC(C(=O)Nc2ccc(Cl)c(OC(F)F)c2)C1. The van der Waals surface area contributed by atoms with Gasteiger partial charge in [-0.25, -0.2) is 0 Å². The molecular weight excluding hydrogens is 306 g/mol. The minimum atomic E-state index is -2.98. The Labute approximate surface area is 125 Å². The lowest BCUT2D eigenvalue weighted by atomic mass is 10.2. The van der Waals surface area contributed by atoms with Crippen molar-refractivity contribution in [2.24, 2.45) is 0 Å². The highest BCUT2D eigenvalue weighted by atomic mass is 35.5. The number of amides is 1. The molecule has 0 bridgehead atoms. The molecule has 0 aliphatic carbocycles. The smallest absolute Gasteiger partial charge is 0.387 e. The zero-order valence-electron chi connectivity index (χ0n) is 11.3. The highest BCUT2D eigenvalue weighted by molar-refractivity contribution is 6.32. The van der Waals surface area contributed by atoms with Crippen LogP contribution in [0, 0.1) is 0 Å². The summed E-state index contributed by atoms with van der Waals surface area (Å²) >= 11 is 5.74. The summed E-state index contributed by atoms with van der Waals surface area (Å²) in [5.74, 6) is -0.530. The zero-order valence-corrected chi connectivity index (χ0v) is 12.1. The van der Waals surface area contributed by atoms with Gasteiger partial charge in [0.25, 0.3) is 5.91 Å². The van der Waals surface area contributed by atoms with E-state index in [0.717, 1.165) is 6.54 Å². The molecule has 0 aromatic heterocycles. The van der Waals surface area contributed by atoms with Crippen LogP contribution in [0.2, 0.25) is 5.02 Å². The number of hydrogen-bond acceptors (Lipinski definition) is 4. The molecule has 1 aromatic rings. The van der Waals surface area contributed by atoms with Gasteiger partial charge in [0.15, 0.2) is 0 Å². The first-order chi connectivity index (χ1) is 9.95. The van der Waals surface area contributed by atoms with Crippen molar-refractivity contribution in [2.75, 3.05) is 32.1 Å². The summed E-state index contributed by atoms with van der Waals surface area (Å²) in [6.45, 7) is -1.28. The number of halogens is 3. The van der Waals surface area contributed by atoms with Crippen molar-refractivity contribution >= 4 is 23.2 Å². The van der Waals surface area contributed by atoms with Gasteiger partial charge in [-0.3, -0.25) is 4.79 Å². The van der Waals surface area contributed by atoms with Crippen molar-refractivity contribution in [3.8, 4) is 5.75 Å². The number of nitrogens with one attached hydrogen (secondary N) is 1. The fourth-order valence-corrected chi connectivity index (χ4v) is 2.09. The number of carbonyl (C=O) groups excluding carboxylic acids is 1. The molecule has 1 heterocycles. The maximum atomic E-state index is 12.2. The third-order valence-corrected chi connectivity index (χ3v) is 3.29. The number of benzene rings is 1. The van der Waals surface area contributed by atoms with Crippen molar-refractivity contribution in [3.63, 3.8) is 0 Å². The number of ether oxygens (including phenoxy) is 2. The number of rotatable bonds is 4. The monoisotopic (exact) mass is 320 g/mol. The number of alkyl halides is 2. The van der Waals surface area contributed by atoms with E-state index in [0.29, 0.717) is 18.8 Å². The molecular formula is C13H15ClF2N2O3. The summed E-state index contributed by atoms with van der Waals surface area (Å²) in [6.07, 6.45) is -0.598. The van der Waals surface area contributed by atoms with Crippen molar-refractivity contribution in [1.29, 1.82) is 0 Å². The van der Waals surface area contributed by atoms with Gasteiger partial charge in [0.05, 0.1) is 11.6 Å². The van der Waals surface area contributed by atoms with Gasteiger partial charge in [-0.05, 0) is 19.2 Å². The number of morpholine rings is 1. The van der Waals surface area contributed by atoms with Gasteiger partial charge < -0.3 is 19.7 Å². The van der Waals surface area contributed by atoms with Crippen LogP contribution in [0.15, 0.2) is 18.2 Å². The molecule has 5 nitrogen and oxygen atoms in total. The molecule has 1 aliphatic heterocycles. The van der Waals surface area contributed by atoms with E-state index < -0.39 is 12.7 Å². The molecule has 2 rings (SSSR count). The molecule has 0 radical (unpaired) electrons. The van der Waals surface area contributed by atoms with Crippen molar-refractivity contribution in [2.45, 2.75) is 12.7 Å². The quantitative estimate of drug-likeness (QED) is 0.924. The lowest BCUT2D eigenvalue weighted by Gasteiger charge is -2.29. The van der Waals surface area contributed by atoms with E-state index in [1.165, 1.54) is 18.2 Å². The molecule has 8 heteroatoms. The zero-order chi connectivity index (χ0) is 15.4. The molecule has 0 spiro atoms. The Hall–Kier alpha value is -1.44. The average molecular weight is 321 g/mol. The third kappa shape index (κ3) is 4.52. The van der Waals surface area contributed by atoms with Crippen LogP contribution in [0.25, 0.3) is 0 Å². The highest BCUT2D eigenvalue weighted by Crippen LogP contribution is 2.29. The van der Waals surface area contributed by atoms with E-state index in [9.17, 15) is 13.6 Å². The van der Waals surface area contributed by atoms with Crippen LogP contribution in [0.4, 0.5) is 14.5 Å². The molecule has 116 valence electrons. The molecule has 1 atom stereocenters. The minimum absolute atomic E-state index is 0.0435. The van der Waals surface area contributed by atoms with E-state index in [2.05, 4.69) is 10.1 Å². The number of carbonyl (C=O) groups is 1. The van der Waals surface area contributed by atoms with Crippen LogP contribution < -0.4 is 10.1 Å². The average Bonchev–Trinajstić information content (AvgIpc) is 2.42. The molecule has 1 saturated heterocycles. The summed E-state index contributed by atoms with van der Waals surface area (Å²) in [6, 6.07) is 4.13. The molecule has 1 amide bonds. The minimum Gasteiger partial charge on any atom is -0.433 e. The van der Waals surface area contributed by atoms with E-state index >= 15 is 0 Å². The van der Waals surface area contributed by atoms with Gasteiger partial charge in [-0.15, -0.1) is 0 Å². The maximum absolute atomic E-state index is 12.2. The van der Waals surface area contributed by atoms with Crippen LogP contribution in [0.5, 0.6) is 5.75 Å². The summed E-state index contributed by atoms with van der Waals surface area (Å²) in [4.78, 5) is 14.0. The number of anilines is 1. The molecule has 0 saturated carbocycles. The van der Waals surface area contributed by atoms with Crippen molar-refractivity contribution in [1.82, 2.24) is 4.90 Å². The van der Waals surface area contributed by atoms with Gasteiger partial charge >= 0.3 is 6.61 Å². The Balaban J connectivity index is 2.03.